The van der Waals surface area contributed by atoms with Crippen molar-refractivity contribution in [2.24, 2.45) is 5.73 Å². The number of primary amides is 1. The lowest BCUT2D eigenvalue weighted by Gasteiger charge is -1.86. The summed E-state index contributed by atoms with van der Waals surface area (Å²) in [6, 6.07) is 0. The van der Waals surface area contributed by atoms with Gasteiger partial charge >= 0.3 is 0 Å². The average Bonchev–Trinajstić information content (AvgIpc) is 2.34. The Morgan fingerprint density at radius 2 is 2.27 bits per heavy atom. The zero-order valence-corrected chi connectivity index (χ0v) is 6.64. The zero-order valence-electron chi connectivity index (χ0n) is 5.83. The second kappa shape index (κ2) is 2.79. The molecule has 0 atom stereocenters. The van der Waals surface area contributed by atoms with Crippen molar-refractivity contribution in [1.82, 2.24) is 4.98 Å². The lowest BCUT2D eigenvalue weighted by Crippen LogP contribution is -2.23. The van der Waals surface area contributed by atoms with Crippen molar-refractivity contribution >= 4 is 23.0 Å². The van der Waals surface area contributed by atoms with E-state index >= 15 is 0 Å². The number of hydrogen-bond acceptors (Lipinski definition) is 4. The molecule has 1 amide bonds. The Morgan fingerprint density at radius 1 is 1.64 bits per heavy atom. The highest BCUT2D eigenvalue weighted by atomic mass is 32.1. The molecule has 4 nitrogen and oxygen atoms in total. The molecule has 0 saturated heterocycles. The average molecular weight is 170 g/mol. The summed E-state index contributed by atoms with van der Waals surface area (Å²) >= 11 is 1.31. The fourth-order valence-corrected chi connectivity index (χ4v) is 1.19. The van der Waals surface area contributed by atoms with Crippen LogP contribution in [-0.2, 0) is 4.79 Å². The molecule has 0 aliphatic rings. The van der Waals surface area contributed by atoms with Crippen LogP contribution in [0.2, 0.25) is 0 Å². The Labute approximate surface area is 67.0 Å². The van der Waals surface area contributed by atoms with Gasteiger partial charge in [-0.1, -0.05) is 0 Å². The normalized spacial score (nSPS) is 9.55. The molecule has 0 bridgehead atoms. The molecule has 5 heteroatoms. The number of carbonyl (C=O) groups excluding carboxylic acids is 2. The van der Waals surface area contributed by atoms with E-state index in [0.29, 0.717) is 0 Å². The maximum Gasteiger partial charge on any atom is 0.291 e. The molecule has 0 radical (unpaired) electrons. The number of carbonyl (C=O) groups is 2. The molecule has 11 heavy (non-hydrogen) atoms. The van der Waals surface area contributed by atoms with Gasteiger partial charge in [0.15, 0.2) is 0 Å². The second-order valence-corrected chi connectivity index (χ2v) is 3.01. The summed E-state index contributed by atoms with van der Waals surface area (Å²) in [5, 5.41) is 2.26. The number of aryl methyl sites for hydroxylation is 1. The molecule has 0 saturated carbocycles. The number of Topliss-reactive ketones (excluding diaryl/α,β-unsaturated/α-hetero) is 1. The van der Waals surface area contributed by atoms with E-state index in [-0.39, 0.29) is 5.69 Å². The minimum absolute atomic E-state index is 0.139. The number of nitrogens with two attached hydrogens (primary N) is 1. The summed E-state index contributed by atoms with van der Waals surface area (Å²) in [6.07, 6.45) is 0. The van der Waals surface area contributed by atoms with Crippen molar-refractivity contribution in [3.8, 4) is 0 Å². The molecule has 0 spiro atoms. The first kappa shape index (κ1) is 7.87. The summed E-state index contributed by atoms with van der Waals surface area (Å²) in [4.78, 5) is 25.0. The Kier molecular flexibility index (Phi) is 2.00. The van der Waals surface area contributed by atoms with Gasteiger partial charge in [0, 0.05) is 5.38 Å². The molecule has 1 heterocycles. The molecule has 0 aromatic carbocycles. The van der Waals surface area contributed by atoms with Crippen molar-refractivity contribution in [3.63, 3.8) is 0 Å². The summed E-state index contributed by atoms with van der Waals surface area (Å²) in [5.74, 6) is -1.69. The molecule has 0 fully saturated rings. The minimum atomic E-state index is -0.963. The van der Waals surface area contributed by atoms with Crippen LogP contribution in [-0.4, -0.2) is 16.7 Å². The Morgan fingerprint density at radius 3 is 2.64 bits per heavy atom. The first-order chi connectivity index (χ1) is 5.11. The number of aromatic nitrogens is 1. The van der Waals surface area contributed by atoms with E-state index in [1.165, 1.54) is 16.7 Å². The third-order valence-electron chi connectivity index (χ3n) is 1.08. The van der Waals surface area contributed by atoms with Crippen LogP contribution in [0.5, 0.6) is 0 Å². The first-order valence-corrected chi connectivity index (χ1v) is 3.75. The van der Waals surface area contributed by atoms with E-state index in [2.05, 4.69) is 4.98 Å². The van der Waals surface area contributed by atoms with Gasteiger partial charge in [-0.25, -0.2) is 4.98 Å². The van der Waals surface area contributed by atoms with Crippen LogP contribution >= 0.6 is 11.3 Å². The molecule has 0 unspecified atom stereocenters. The number of nitrogens with zero attached hydrogens (tertiary/aromatic N) is 1. The van der Waals surface area contributed by atoms with Crippen LogP contribution in [0, 0.1) is 6.92 Å². The fourth-order valence-electron chi connectivity index (χ4n) is 0.594. The summed E-state index contributed by atoms with van der Waals surface area (Å²) in [7, 11) is 0. The number of rotatable bonds is 2. The van der Waals surface area contributed by atoms with Gasteiger partial charge in [0.25, 0.3) is 11.7 Å². The molecule has 1 aromatic heterocycles. The molecule has 0 aliphatic heterocycles. The van der Waals surface area contributed by atoms with Crippen molar-refractivity contribution in [2.45, 2.75) is 6.92 Å². The predicted molar refractivity (Wildman–Crippen MR) is 40.4 cm³/mol. The van der Waals surface area contributed by atoms with Crippen LogP contribution in [0.3, 0.4) is 0 Å². The lowest BCUT2D eigenvalue weighted by atomic mass is 10.3. The quantitative estimate of drug-likeness (QED) is 0.506. The number of hydrogen-bond donors (Lipinski definition) is 1. The summed E-state index contributed by atoms with van der Waals surface area (Å²) in [6.45, 7) is 1.75. The molecule has 2 N–H and O–H groups in total. The van der Waals surface area contributed by atoms with E-state index in [4.69, 9.17) is 5.73 Å². The molecule has 0 aliphatic carbocycles. The largest absolute Gasteiger partial charge is 0.363 e. The first-order valence-electron chi connectivity index (χ1n) is 2.87. The zero-order chi connectivity index (χ0) is 8.43. The third-order valence-corrected chi connectivity index (χ3v) is 1.85. The van der Waals surface area contributed by atoms with Gasteiger partial charge < -0.3 is 5.73 Å². The smallest absolute Gasteiger partial charge is 0.291 e. The van der Waals surface area contributed by atoms with Crippen molar-refractivity contribution in [2.75, 3.05) is 0 Å². The predicted octanol–water partition coefficient (Wildman–Crippen LogP) is 0.120. The van der Waals surface area contributed by atoms with E-state index in [1.807, 2.05) is 0 Å². The van der Waals surface area contributed by atoms with Gasteiger partial charge in [0.05, 0.1) is 5.01 Å². The molecule has 58 valence electrons. The van der Waals surface area contributed by atoms with Gasteiger partial charge in [-0.2, -0.15) is 0 Å². The highest BCUT2D eigenvalue weighted by Crippen LogP contribution is 2.07. The monoisotopic (exact) mass is 170 g/mol. The van der Waals surface area contributed by atoms with E-state index in [9.17, 15) is 9.59 Å². The molecular formula is C6H6N2O2S. The molecule has 1 rings (SSSR count). The van der Waals surface area contributed by atoms with Crippen LogP contribution in [0.15, 0.2) is 5.38 Å². The summed E-state index contributed by atoms with van der Waals surface area (Å²) in [5.41, 5.74) is 4.89. The van der Waals surface area contributed by atoms with Crippen molar-refractivity contribution in [3.05, 3.63) is 16.1 Å². The second-order valence-electron chi connectivity index (χ2n) is 1.95. The van der Waals surface area contributed by atoms with Gasteiger partial charge in [0.2, 0.25) is 0 Å². The highest BCUT2D eigenvalue weighted by Gasteiger charge is 2.14. The van der Waals surface area contributed by atoms with Crippen molar-refractivity contribution in [1.29, 1.82) is 0 Å². The van der Waals surface area contributed by atoms with Gasteiger partial charge in [-0.05, 0) is 6.92 Å². The lowest BCUT2D eigenvalue weighted by molar-refractivity contribution is -0.114. The maximum absolute atomic E-state index is 10.8. The Bertz CT molecular complexity index is 305. The van der Waals surface area contributed by atoms with E-state index < -0.39 is 11.7 Å². The summed E-state index contributed by atoms with van der Waals surface area (Å²) < 4.78 is 0. The molecular weight excluding hydrogens is 164 g/mol. The van der Waals surface area contributed by atoms with E-state index in [0.717, 1.165) is 5.01 Å². The van der Waals surface area contributed by atoms with Gasteiger partial charge in [0.1, 0.15) is 5.69 Å². The number of ketones is 1. The Balaban J connectivity index is 2.94. The van der Waals surface area contributed by atoms with Crippen LogP contribution in [0.25, 0.3) is 0 Å². The fraction of sp³-hybridized carbons (Fsp3) is 0.167. The highest BCUT2D eigenvalue weighted by molar-refractivity contribution is 7.09. The number of amides is 1. The Hall–Kier alpha value is -1.23. The van der Waals surface area contributed by atoms with Crippen molar-refractivity contribution < 1.29 is 9.59 Å². The van der Waals surface area contributed by atoms with E-state index in [1.54, 1.807) is 6.92 Å². The van der Waals surface area contributed by atoms with Gasteiger partial charge in [-0.15, -0.1) is 11.3 Å². The maximum atomic E-state index is 10.8. The third kappa shape index (κ3) is 1.62. The van der Waals surface area contributed by atoms with Crippen LogP contribution in [0.1, 0.15) is 15.5 Å². The SMILES string of the molecule is Cc1nc(C(=O)C(N)=O)cs1. The van der Waals surface area contributed by atoms with Crippen LogP contribution < -0.4 is 5.73 Å². The minimum Gasteiger partial charge on any atom is -0.363 e. The molecule has 1 aromatic rings. The van der Waals surface area contributed by atoms with Gasteiger partial charge in [-0.3, -0.25) is 9.59 Å². The number of thiazole rings is 1. The van der Waals surface area contributed by atoms with Crippen LogP contribution in [0.4, 0.5) is 0 Å². The standard InChI is InChI=1S/C6H6N2O2S/c1-3-8-4(2-11-3)5(9)6(7)10/h2H,1H3,(H2,7,10). The topological polar surface area (TPSA) is 73.1 Å².